The molecule has 4 aromatic carbocycles. The molecule has 4 rings (SSSR count). The first-order chi connectivity index (χ1) is 18.1. The molecule has 0 bridgehead atoms. The standard InChI is InChI=1S/C31H29N3O3/c1-23(25-11-5-2-6-12-25)33-29(35)22-37-28-19-17-24(18-20-28)21-32-34-31(36)30(26-13-7-3-8-14-26)27-15-9-4-10-16-27/h2-21,23,30H,22H2,1H3,(H,33,35)(H,34,36)/b32-21+/t23-/m1/s1. The summed E-state index contributed by atoms with van der Waals surface area (Å²) in [4.78, 5) is 25.3. The molecule has 2 N–H and O–H groups in total. The van der Waals surface area contributed by atoms with Gasteiger partial charge in [0.05, 0.1) is 18.2 Å². The summed E-state index contributed by atoms with van der Waals surface area (Å²) < 4.78 is 5.61. The van der Waals surface area contributed by atoms with E-state index in [-0.39, 0.29) is 24.5 Å². The molecule has 6 nitrogen and oxygen atoms in total. The minimum absolute atomic E-state index is 0.0823. The molecule has 0 heterocycles. The van der Waals surface area contributed by atoms with E-state index in [1.807, 2.05) is 97.9 Å². The topological polar surface area (TPSA) is 79.8 Å². The first kappa shape index (κ1) is 25.4. The van der Waals surface area contributed by atoms with Gasteiger partial charge in [-0.05, 0) is 53.4 Å². The van der Waals surface area contributed by atoms with Gasteiger partial charge in [-0.2, -0.15) is 5.10 Å². The van der Waals surface area contributed by atoms with Gasteiger partial charge in [0.15, 0.2) is 6.61 Å². The van der Waals surface area contributed by atoms with Gasteiger partial charge in [-0.3, -0.25) is 9.59 Å². The molecule has 1 atom stereocenters. The number of hydrazone groups is 1. The van der Waals surface area contributed by atoms with Crippen LogP contribution in [0.3, 0.4) is 0 Å². The van der Waals surface area contributed by atoms with Crippen LogP contribution in [0.15, 0.2) is 120 Å². The quantitative estimate of drug-likeness (QED) is 0.236. The molecule has 2 amide bonds. The van der Waals surface area contributed by atoms with Crippen molar-refractivity contribution in [1.29, 1.82) is 0 Å². The van der Waals surface area contributed by atoms with Crippen molar-refractivity contribution in [3.63, 3.8) is 0 Å². The lowest BCUT2D eigenvalue weighted by atomic mass is 9.91. The number of hydrogen-bond acceptors (Lipinski definition) is 4. The van der Waals surface area contributed by atoms with Crippen LogP contribution in [0, 0.1) is 0 Å². The minimum Gasteiger partial charge on any atom is -0.484 e. The average molecular weight is 492 g/mol. The van der Waals surface area contributed by atoms with E-state index in [0.29, 0.717) is 5.75 Å². The van der Waals surface area contributed by atoms with E-state index in [9.17, 15) is 9.59 Å². The Labute approximate surface area is 217 Å². The molecule has 0 saturated carbocycles. The van der Waals surface area contributed by atoms with Gasteiger partial charge in [-0.1, -0.05) is 91.0 Å². The van der Waals surface area contributed by atoms with E-state index in [0.717, 1.165) is 22.3 Å². The van der Waals surface area contributed by atoms with E-state index in [2.05, 4.69) is 15.8 Å². The van der Waals surface area contributed by atoms with Crippen LogP contribution in [-0.4, -0.2) is 24.6 Å². The molecule has 0 aromatic heterocycles. The van der Waals surface area contributed by atoms with Gasteiger partial charge < -0.3 is 10.1 Å². The lowest BCUT2D eigenvalue weighted by Gasteiger charge is -2.16. The minimum atomic E-state index is -0.467. The molecular formula is C31H29N3O3. The molecule has 0 saturated heterocycles. The number of hydrogen-bond donors (Lipinski definition) is 2. The summed E-state index contributed by atoms with van der Waals surface area (Å²) in [6.07, 6.45) is 1.57. The molecular weight excluding hydrogens is 462 g/mol. The van der Waals surface area contributed by atoms with Crippen molar-refractivity contribution in [2.24, 2.45) is 5.10 Å². The average Bonchev–Trinajstić information content (AvgIpc) is 2.94. The molecule has 0 aliphatic rings. The Morgan fingerprint density at radius 1 is 0.757 bits per heavy atom. The largest absolute Gasteiger partial charge is 0.484 e. The first-order valence-electron chi connectivity index (χ1n) is 12.1. The summed E-state index contributed by atoms with van der Waals surface area (Å²) in [5.74, 6) is -0.316. The van der Waals surface area contributed by atoms with Crippen LogP contribution in [0.4, 0.5) is 0 Å². The molecule has 0 unspecified atom stereocenters. The van der Waals surface area contributed by atoms with E-state index in [1.165, 1.54) is 0 Å². The van der Waals surface area contributed by atoms with Crippen molar-refractivity contribution >= 4 is 18.0 Å². The highest BCUT2D eigenvalue weighted by molar-refractivity contribution is 5.88. The van der Waals surface area contributed by atoms with E-state index in [1.54, 1.807) is 30.5 Å². The monoisotopic (exact) mass is 491 g/mol. The summed E-state index contributed by atoms with van der Waals surface area (Å²) in [5.41, 5.74) is 6.26. The molecule has 186 valence electrons. The number of carbonyl (C=O) groups is 2. The Bertz CT molecular complexity index is 1270. The van der Waals surface area contributed by atoms with Crippen molar-refractivity contribution in [2.75, 3.05) is 6.61 Å². The Morgan fingerprint density at radius 3 is 1.81 bits per heavy atom. The van der Waals surface area contributed by atoms with Gasteiger partial charge in [0.2, 0.25) is 0 Å². The van der Waals surface area contributed by atoms with Crippen molar-refractivity contribution in [3.8, 4) is 5.75 Å². The van der Waals surface area contributed by atoms with Crippen molar-refractivity contribution in [1.82, 2.24) is 10.7 Å². The van der Waals surface area contributed by atoms with Crippen LogP contribution in [0.5, 0.6) is 5.75 Å². The van der Waals surface area contributed by atoms with Crippen LogP contribution in [0.2, 0.25) is 0 Å². The Morgan fingerprint density at radius 2 is 1.27 bits per heavy atom. The van der Waals surface area contributed by atoms with Crippen molar-refractivity contribution in [3.05, 3.63) is 138 Å². The number of nitrogens with one attached hydrogen (secondary N) is 2. The van der Waals surface area contributed by atoms with Crippen LogP contribution >= 0.6 is 0 Å². The smallest absolute Gasteiger partial charge is 0.258 e. The molecule has 0 aliphatic carbocycles. The van der Waals surface area contributed by atoms with Gasteiger partial charge in [0, 0.05) is 0 Å². The third-order valence-electron chi connectivity index (χ3n) is 5.84. The molecule has 4 aromatic rings. The summed E-state index contributed by atoms with van der Waals surface area (Å²) in [6, 6.07) is 36.0. The van der Waals surface area contributed by atoms with E-state index < -0.39 is 5.92 Å². The predicted molar refractivity (Wildman–Crippen MR) is 145 cm³/mol. The second kappa shape index (κ2) is 12.8. The molecule has 0 aliphatic heterocycles. The van der Waals surface area contributed by atoms with E-state index in [4.69, 9.17) is 4.74 Å². The highest BCUT2D eigenvalue weighted by Gasteiger charge is 2.22. The summed E-state index contributed by atoms with van der Waals surface area (Å²) in [6.45, 7) is 1.85. The van der Waals surface area contributed by atoms with Crippen LogP contribution < -0.4 is 15.5 Å². The normalized spacial score (nSPS) is 11.7. The number of carbonyl (C=O) groups excluding carboxylic acids is 2. The lowest BCUT2D eigenvalue weighted by Crippen LogP contribution is -2.31. The summed E-state index contributed by atoms with van der Waals surface area (Å²) in [5, 5.41) is 7.07. The maximum atomic E-state index is 13.0. The van der Waals surface area contributed by atoms with Gasteiger partial charge >= 0.3 is 0 Å². The zero-order valence-electron chi connectivity index (χ0n) is 20.6. The van der Waals surface area contributed by atoms with Crippen LogP contribution in [0.25, 0.3) is 0 Å². The SMILES string of the molecule is C[C@@H](NC(=O)COc1ccc(/C=N/NC(=O)C(c2ccccc2)c2ccccc2)cc1)c1ccccc1. The Kier molecular flexibility index (Phi) is 8.81. The fourth-order valence-corrected chi connectivity index (χ4v) is 3.93. The third kappa shape index (κ3) is 7.39. The zero-order chi connectivity index (χ0) is 25.9. The van der Waals surface area contributed by atoms with Crippen molar-refractivity contribution < 1.29 is 14.3 Å². The highest BCUT2D eigenvalue weighted by atomic mass is 16.5. The van der Waals surface area contributed by atoms with Crippen LogP contribution in [0.1, 0.15) is 41.1 Å². The second-order valence-electron chi connectivity index (χ2n) is 8.55. The van der Waals surface area contributed by atoms with Gasteiger partial charge in [0.25, 0.3) is 11.8 Å². The van der Waals surface area contributed by atoms with Gasteiger partial charge in [-0.15, -0.1) is 0 Å². The summed E-state index contributed by atoms with van der Waals surface area (Å²) >= 11 is 0. The first-order valence-corrected chi connectivity index (χ1v) is 12.1. The second-order valence-corrected chi connectivity index (χ2v) is 8.55. The number of rotatable bonds is 10. The van der Waals surface area contributed by atoms with Gasteiger partial charge in [0.1, 0.15) is 5.75 Å². The molecule has 0 spiro atoms. The number of nitrogens with zero attached hydrogens (tertiary/aromatic N) is 1. The Balaban J connectivity index is 1.30. The van der Waals surface area contributed by atoms with E-state index >= 15 is 0 Å². The molecule has 0 fully saturated rings. The predicted octanol–water partition coefficient (Wildman–Crippen LogP) is 5.23. The molecule has 6 heteroatoms. The summed E-state index contributed by atoms with van der Waals surface area (Å²) in [7, 11) is 0. The Hall–Kier alpha value is -4.71. The number of ether oxygens (including phenoxy) is 1. The lowest BCUT2D eigenvalue weighted by molar-refractivity contribution is -0.124. The number of amides is 2. The maximum Gasteiger partial charge on any atom is 0.258 e. The fourth-order valence-electron chi connectivity index (χ4n) is 3.93. The molecule has 37 heavy (non-hydrogen) atoms. The maximum absolute atomic E-state index is 13.0. The highest BCUT2D eigenvalue weighted by Crippen LogP contribution is 2.24. The number of benzene rings is 4. The third-order valence-corrected chi connectivity index (χ3v) is 5.84. The fraction of sp³-hybridized carbons (Fsp3) is 0.129. The van der Waals surface area contributed by atoms with Crippen molar-refractivity contribution in [2.45, 2.75) is 18.9 Å². The zero-order valence-corrected chi connectivity index (χ0v) is 20.6. The van der Waals surface area contributed by atoms with Crippen LogP contribution in [-0.2, 0) is 9.59 Å². The molecule has 0 radical (unpaired) electrons. The van der Waals surface area contributed by atoms with Gasteiger partial charge in [-0.25, -0.2) is 5.43 Å².